The van der Waals surface area contributed by atoms with Crippen molar-refractivity contribution in [3.63, 3.8) is 0 Å². The first-order valence-corrected chi connectivity index (χ1v) is 8.72. The second kappa shape index (κ2) is 5.60. The van der Waals surface area contributed by atoms with Gasteiger partial charge in [-0.3, -0.25) is 4.79 Å². The third kappa shape index (κ3) is 2.45. The first kappa shape index (κ1) is 16.5. The second-order valence-corrected chi connectivity index (χ2v) is 7.92. The van der Waals surface area contributed by atoms with Gasteiger partial charge in [0, 0.05) is 58.3 Å². The van der Waals surface area contributed by atoms with Crippen LogP contribution in [-0.4, -0.2) is 64.7 Å². The Morgan fingerprint density at radius 2 is 1.96 bits per heavy atom. The van der Waals surface area contributed by atoms with Crippen molar-refractivity contribution in [3.8, 4) is 0 Å². The molecule has 0 radical (unpaired) electrons. The maximum atomic E-state index is 12.5. The summed E-state index contributed by atoms with van der Waals surface area (Å²) in [5.74, 6) is -0.0795. The SMILES string of the molecule is CN1CC=C(c2cn(S(=O)(=O)N(C)C)cn2)c2ccn(C)c2C1=O. The van der Waals surface area contributed by atoms with Gasteiger partial charge in [0.2, 0.25) is 0 Å². The Kier molecular flexibility index (Phi) is 3.84. The summed E-state index contributed by atoms with van der Waals surface area (Å²) in [6.45, 7) is 0.427. The van der Waals surface area contributed by atoms with Crippen LogP contribution in [-0.2, 0) is 17.3 Å². The van der Waals surface area contributed by atoms with Gasteiger partial charge in [-0.1, -0.05) is 6.08 Å². The molecule has 0 aliphatic carbocycles. The van der Waals surface area contributed by atoms with Crippen molar-refractivity contribution in [2.24, 2.45) is 7.05 Å². The van der Waals surface area contributed by atoms with Gasteiger partial charge in [0.25, 0.3) is 5.91 Å². The van der Waals surface area contributed by atoms with Crippen LogP contribution in [0.2, 0.25) is 0 Å². The predicted molar refractivity (Wildman–Crippen MR) is 89.7 cm³/mol. The number of likely N-dealkylation sites (N-methyl/N-ethyl adjacent to an activating group) is 1. The molecule has 0 N–H and O–H groups in total. The largest absolute Gasteiger partial charge is 0.346 e. The van der Waals surface area contributed by atoms with Gasteiger partial charge < -0.3 is 9.47 Å². The molecule has 1 aliphatic heterocycles. The molecule has 0 fully saturated rings. The number of nitrogens with zero attached hydrogens (tertiary/aromatic N) is 5. The molecule has 3 heterocycles. The lowest BCUT2D eigenvalue weighted by molar-refractivity contribution is 0.0802. The van der Waals surface area contributed by atoms with Gasteiger partial charge >= 0.3 is 10.2 Å². The van der Waals surface area contributed by atoms with Gasteiger partial charge in [0.1, 0.15) is 12.0 Å². The van der Waals surface area contributed by atoms with E-state index in [1.54, 1.807) is 16.5 Å². The number of carbonyl (C=O) groups is 1. The lowest BCUT2D eigenvalue weighted by Gasteiger charge is -2.13. The molecule has 3 rings (SSSR count). The van der Waals surface area contributed by atoms with E-state index in [0.29, 0.717) is 17.9 Å². The molecule has 24 heavy (non-hydrogen) atoms. The maximum Gasteiger partial charge on any atom is 0.308 e. The van der Waals surface area contributed by atoms with Crippen LogP contribution in [0.15, 0.2) is 30.9 Å². The molecule has 0 aromatic carbocycles. The van der Waals surface area contributed by atoms with E-state index in [4.69, 9.17) is 0 Å². The van der Waals surface area contributed by atoms with E-state index in [0.717, 1.165) is 19.4 Å². The predicted octanol–water partition coefficient (Wildman–Crippen LogP) is 0.393. The van der Waals surface area contributed by atoms with Crippen molar-refractivity contribution in [1.82, 2.24) is 22.7 Å². The first-order valence-electron chi connectivity index (χ1n) is 7.32. The normalized spacial score (nSPS) is 15.5. The van der Waals surface area contributed by atoms with Crippen LogP contribution in [0.25, 0.3) is 5.57 Å². The summed E-state index contributed by atoms with van der Waals surface area (Å²) in [6.07, 6.45) is 6.43. The molecule has 0 bridgehead atoms. The number of hydrogen-bond donors (Lipinski definition) is 0. The minimum absolute atomic E-state index is 0.0795. The first-order chi connectivity index (χ1) is 11.2. The molecular formula is C15H19N5O3S. The summed E-state index contributed by atoms with van der Waals surface area (Å²) >= 11 is 0. The smallest absolute Gasteiger partial charge is 0.308 e. The summed E-state index contributed by atoms with van der Waals surface area (Å²) in [7, 11) is 2.84. The van der Waals surface area contributed by atoms with Crippen LogP contribution in [0.1, 0.15) is 21.7 Å². The lowest BCUT2D eigenvalue weighted by atomic mass is 10.0. The fourth-order valence-electron chi connectivity index (χ4n) is 2.62. The number of carbonyl (C=O) groups excluding carboxylic acids is 1. The molecule has 1 aliphatic rings. The van der Waals surface area contributed by atoms with E-state index in [-0.39, 0.29) is 5.91 Å². The molecule has 2 aromatic rings. The van der Waals surface area contributed by atoms with E-state index in [1.807, 2.05) is 25.4 Å². The third-order valence-corrected chi connectivity index (χ3v) is 5.70. The lowest BCUT2D eigenvalue weighted by Crippen LogP contribution is -2.27. The molecular weight excluding hydrogens is 330 g/mol. The van der Waals surface area contributed by atoms with E-state index in [1.165, 1.54) is 26.6 Å². The van der Waals surface area contributed by atoms with Gasteiger partial charge in [-0.25, -0.2) is 8.96 Å². The van der Waals surface area contributed by atoms with Crippen LogP contribution >= 0.6 is 0 Å². The Morgan fingerprint density at radius 1 is 1.25 bits per heavy atom. The summed E-state index contributed by atoms with van der Waals surface area (Å²) in [5.41, 5.74) is 2.57. The summed E-state index contributed by atoms with van der Waals surface area (Å²) in [5, 5.41) is 0. The molecule has 128 valence electrons. The van der Waals surface area contributed by atoms with Gasteiger partial charge in [-0.05, 0) is 6.07 Å². The maximum absolute atomic E-state index is 12.5. The zero-order chi connectivity index (χ0) is 17.6. The molecule has 8 nitrogen and oxygen atoms in total. The summed E-state index contributed by atoms with van der Waals surface area (Å²) < 4.78 is 28.4. The average molecular weight is 349 g/mol. The Labute approximate surface area is 140 Å². The summed E-state index contributed by atoms with van der Waals surface area (Å²) in [6, 6.07) is 1.84. The zero-order valence-corrected chi connectivity index (χ0v) is 14.8. The molecule has 0 spiro atoms. The van der Waals surface area contributed by atoms with Crippen molar-refractivity contribution in [3.05, 3.63) is 47.8 Å². The van der Waals surface area contributed by atoms with Gasteiger partial charge in [0.15, 0.2) is 0 Å². The van der Waals surface area contributed by atoms with E-state index in [9.17, 15) is 13.2 Å². The van der Waals surface area contributed by atoms with Crippen molar-refractivity contribution in [2.75, 3.05) is 27.7 Å². The monoisotopic (exact) mass is 349 g/mol. The molecule has 1 amide bonds. The molecule has 9 heteroatoms. The van der Waals surface area contributed by atoms with Gasteiger partial charge in [-0.15, -0.1) is 0 Å². The van der Waals surface area contributed by atoms with Crippen molar-refractivity contribution >= 4 is 21.7 Å². The van der Waals surface area contributed by atoms with Crippen LogP contribution in [0.4, 0.5) is 0 Å². The van der Waals surface area contributed by atoms with Crippen molar-refractivity contribution < 1.29 is 13.2 Å². The highest BCUT2D eigenvalue weighted by Gasteiger charge is 2.26. The third-order valence-electron chi connectivity index (χ3n) is 4.05. The second-order valence-electron chi connectivity index (χ2n) is 5.87. The topological polar surface area (TPSA) is 80.4 Å². The van der Waals surface area contributed by atoms with Crippen LogP contribution in [0.5, 0.6) is 0 Å². The Bertz CT molecular complexity index is 936. The number of aryl methyl sites for hydroxylation is 1. The van der Waals surface area contributed by atoms with Gasteiger partial charge in [0.05, 0.1) is 5.69 Å². The van der Waals surface area contributed by atoms with Crippen molar-refractivity contribution in [2.45, 2.75) is 0 Å². The molecule has 0 atom stereocenters. The van der Waals surface area contributed by atoms with E-state index < -0.39 is 10.2 Å². The number of amides is 1. The Hall–Kier alpha value is -2.39. The average Bonchev–Trinajstić information content (AvgIpc) is 3.12. The van der Waals surface area contributed by atoms with Crippen LogP contribution < -0.4 is 0 Å². The quantitative estimate of drug-likeness (QED) is 0.803. The highest BCUT2D eigenvalue weighted by atomic mass is 32.2. The molecule has 2 aromatic heterocycles. The standard InChI is InChI=1S/C15H19N5O3S/c1-17(2)24(22,23)20-9-13(16-10-20)11-5-8-19(4)15(21)14-12(11)6-7-18(14)3/h5-7,9-10H,8H2,1-4H3. The fourth-order valence-corrected chi connectivity index (χ4v) is 3.39. The zero-order valence-electron chi connectivity index (χ0n) is 14.0. The van der Waals surface area contributed by atoms with Crippen LogP contribution in [0, 0.1) is 0 Å². The number of hydrogen-bond acceptors (Lipinski definition) is 4. The molecule has 0 saturated heterocycles. The van der Waals surface area contributed by atoms with Crippen LogP contribution in [0.3, 0.4) is 0 Å². The minimum Gasteiger partial charge on any atom is -0.346 e. The Balaban J connectivity index is 2.12. The number of rotatable bonds is 3. The van der Waals surface area contributed by atoms with Crippen molar-refractivity contribution in [1.29, 1.82) is 0 Å². The van der Waals surface area contributed by atoms with E-state index in [2.05, 4.69) is 4.98 Å². The number of aromatic nitrogens is 3. The van der Waals surface area contributed by atoms with E-state index >= 15 is 0 Å². The highest BCUT2D eigenvalue weighted by Crippen LogP contribution is 2.29. The highest BCUT2D eigenvalue weighted by molar-refractivity contribution is 7.87. The number of fused-ring (bicyclic) bond motifs is 1. The molecule has 0 saturated carbocycles. The minimum atomic E-state index is -3.62. The molecule has 0 unspecified atom stereocenters. The van der Waals surface area contributed by atoms with Gasteiger partial charge in [-0.2, -0.15) is 12.7 Å². The number of imidazole rings is 1. The summed E-state index contributed by atoms with van der Waals surface area (Å²) in [4.78, 5) is 18.3. The fraction of sp³-hybridized carbons (Fsp3) is 0.333. The Morgan fingerprint density at radius 3 is 2.62 bits per heavy atom.